The van der Waals surface area contributed by atoms with Crippen molar-refractivity contribution >= 4 is 41.7 Å². The molecule has 1 atom stereocenters. The lowest BCUT2D eigenvalue weighted by Gasteiger charge is -2.26. The first kappa shape index (κ1) is 18.9. The van der Waals surface area contributed by atoms with Crippen LogP contribution in [0.5, 0.6) is 5.75 Å². The molecule has 0 aromatic heterocycles. The number of thioether (sulfide) groups is 1. The standard InChI is InChI=1S/C18H21N3OS.HI/c19-18(20-11-13-23-14-6-2-1-3-7-14)21-16-10-12-22-17-9-5-4-8-15(16)17;/h1-9,16H,10-13H2,(H3,19,20,21);1H. The Morgan fingerprint density at radius 1 is 1.17 bits per heavy atom. The van der Waals surface area contributed by atoms with E-state index in [2.05, 4.69) is 28.5 Å². The van der Waals surface area contributed by atoms with Crippen molar-refractivity contribution in [3.05, 3.63) is 60.2 Å². The highest BCUT2D eigenvalue weighted by molar-refractivity contribution is 14.0. The van der Waals surface area contributed by atoms with Gasteiger partial charge < -0.3 is 15.8 Å². The molecule has 3 N–H and O–H groups in total. The minimum absolute atomic E-state index is 0. The van der Waals surface area contributed by atoms with Gasteiger partial charge in [-0.1, -0.05) is 36.4 Å². The highest BCUT2D eigenvalue weighted by Crippen LogP contribution is 2.31. The molecule has 4 nitrogen and oxygen atoms in total. The minimum atomic E-state index is 0. The van der Waals surface area contributed by atoms with Crippen LogP contribution in [0.3, 0.4) is 0 Å². The van der Waals surface area contributed by atoms with Gasteiger partial charge in [-0.3, -0.25) is 4.99 Å². The van der Waals surface area contributed by atoms with Gasteiger partial charge in [0.05, 0.1) is 19.2 Å². The van der Waals surface area contributed by atoms with Crippen molar-refractivity contribution in [2.75, 3.05) is 18.9 Å². The molecule has 0 spiro atoms. The lowest BCUT2D eigenvalue weighted by Crippen LogP contribution is -2.37. The molecular weight excluding hydrogens is 433 g/mol. The molecule has 1 heterocycles. The molecule has 0 saturated carbocycles. The summed E-state index contributed by atoms with van der Waals surface area (Å²) in [5.41, 5.74) is 7.18. The van der Waals surface area contributed by atoms with E-state index < -0.39 is 0 Å². The SMILES string of the molecule is I.NC(=NCCSc1ccccc1)NC1CCOc2ccccc21. The average Bonchev–Trinajstić information content (AvgIpc) is 2.60. The number of rotatable bonds is 5. The first-order valence-electron chi connectivity index (χ1n) is 7.79. The Kier molecular flexibility index (Phi) is 7.71. The average molecular weight is 455 g/mol. The second-order valence-corrected chi connectivity index (χ2v) is 6.47. The summed E-state index contributed by atoms with van der Waals surface area (Å²) in [7, 11) is 0. The van der Waals surface area contributed by atoms with Gasteiger partial charge in [-0.15, -0.1) is 35.7 Å². The Balaban J connectivity index is 0.00000208. The Labute approximate surface area is 164 Å². The molecule has 128 valence electrons. The van der Waals surface area contributed by atoms with Crippen molar-refractivity contribution in [2.45, 2.75) is 17.4 Å². The lowest BCUT2D eigenvalue weighted by molar-refractivity contribution is 0.262. The normalized spacial score (nSPS) is 16.5. The summed E-state index contributed by atoms with van der Waals surface area (Å²) in [5.74, 6) is 2.35. The van der Waals surface area contributed by atoms with Crippen molar-refractivity contribution in [2.24, 2.45) is 10.7 Å². The molecule has 0 aliphatic carbocycles. The van der Waals surface area contributed by atoms with Gasteiger partial charge in [-0.2, -0.15) is 0 Å². The van der Waals surface area contributed by atoms with Gasteiger partial charge in [0, 0.05) is 22.6 Å². The number of benzene rings is 2. The van der Waals surface area contributed by atoms with Crippen molar-refractivity contribution in [1.29, 1.82) is 0 Å². The number of nitrogens with one attached hydrogen (secondary N) is 1. The number of hydrogen-bond donors (Lipinski definition) is 2. The van der Waals surface area contributed by atoms with Crippen LogP contribution in [-0.2, 0) is 0 Å². The maximum Gasteiger partial charge on any atom is 0.189 e. The van der Waals surface area contributed by atoms with Crippen LogP contribution in [0.1, 0.15) is 18.0 Å². The molecule has 1 unspecified atom stereocenters. The van der Waals surface area contributed by atoms with Crippen LogP contribution >= 0.6 is 35.7 Å². The summed E-state index contributed by atoms with van der Waals surface area (Å²) in [6, 6.07) is 18.6. The Morgan fingerprint density at radius 2 is 1.92 bits per heavy atom. The van der Waals surface area contributed by atoms with Crippen molar-refractivity contribution in [3.8, 4) is 5.75 Å². The highest BCUT2D eigenvalue weighted by atomic mass is 127. The fourth-order valence-corrected chi connectivity index (χ4v) is 3.33. The van der Waals surface area contributed by atoms with Gasteiger partial charge in [0.1, 0.15) is 5.75 Å². The maximum atomic E-state index is 6.03. The van der Waals surface area contributed by atoms with Crippen LogP contribution in [0.2, 0.25) is 0 Å². The lowest BCUT2D eigenvalue weighted by atomic mass is 10.0. The van der Waals surface area contributed by atoms with Crippen LogP contribution in [0.25, 0.3) is 0 Å². The van der Waals surface area contributed by atoms with Crippen LogP contribution < -0.4 is 15.8 Å². The zero-order valence-corrected chi connectivity index (χ0v) is 16.5. The number of halogens is 1. The molecule has 0 radical (unpaired) electrons. The zero-order valence-electron chi connectivity index (χ0n) is 13.4. The Hall–Kier alpha value is -1.41. The smallest absolute Gasteiger partial charge is 0.189 e. The molecule has 2 aromatic carbocycles. The number of fused-ring (bicyclic) bond motifs is 1. The van der Waals surface area contributed by atoms with E-state index >= 15 is 0 Å². The number of nitrogens with two attached hydrogens (primary N) is 1. The summed E-state index contributed by atoms with van der Waals surface area (Å²) in [6.07, 6.45) is 0.895. The maximum absolute atomic E-state index is 6.03. The quantitative estimate of drug-likeness (QED) is 0.237. The fourth-order valence-electron chi connectivity index (χ4n) is 2.56. The van der Waals surface area contributed by atoms with Gasteiger partial charge in [0.2, 0.25) is 0 Å². The first-order chi connectivity index (χ1) is 11.3. The molecule has 6 heteroatoms. The van der Waals surface area contributed by atoms with E-state index in [0.29, 0.717) is 19.1 Å². The molecule has 1 aliphatic rings. The van der Waals surface area contributed by atoms with E-state index in [9.17, 15) is 0 Å². The molecule has 3 rings (SSSR count). The summed E-state index contributed by atoms with van der Waals surface area (Å²) < 4.78 is 5.66. The Morgan fingerprint density at radius 3 is 2.75 bits per heavy atom. The number of ether oxygens (including phenoxy) is 1. The fraction of sp³-hybridized carbons (Fsp3) is 0.278. The largest absolute Gasteiger partial charge is 0.493 e. The number of nitrogens with zero attached hydrogens (tertiary/aromatic N) is 1. The number of guanidine groups is 1. The monoisotopic (exact) mass is 455 g/mol. The Bertz CT molecular complexity index is 666. The molecule has 24 heavy (non-hydrogen) atoms. The zero-order chi connectivity index (χ0) is 15.9. The summed E-state index contributed by atoms with van der Waals surface area (Å²) in [4.78, 5) is 5.68. The topological polar surface area (TPSA) is 59.6 Å². The number of para-hydroxylation sites is 1. The first-order valence-corrected chi connectivity index (χ1v) is 8.77. The third-order valence-electron chi connectivity index (χ3n) is 3.67. The molecule has 0 bridgehead atoms. The van der Waals surface area contributed by atoms with Crippen molar-refractivity contribution in [3.63, 3.8) is 0 Å². The van der Waals surface area contributed by atoms with E-state index in [1.165, 1.54) is 4.90 Å². The van der Waals surface area contributed by atoms with Crippen LogP contribution in [0.15, 0.2) is 64.5 Å². The molecular formula is C18H22IN3OS. The second-order valence-electron chi connectivity index (χ2n) is 5.30. The molecule has 2 aromatic rings. The van der Waals surface area contributed by atoms with Gasteiger partial charge in [-0.25, -0.2) is 0 Å². The predicted molar refractivity (Wildman–Crippen MR) is 112 cm³/mol. The van der Waals surface area contributed by atoms with E-state index in [1.807, 2.05) is 36.4 Å². The molecule has 0 fully saturated rings. The predicted octanol–water partition coefficient (Wildman–Crippen LogP) is 3.82. The van der Waals surface area contributed by atoms with Crippen LogP contribution in [0.4, 0.5) is 0 Å². The van der Waals surface area contributed by atoms with Crippen LogP contribution in [0, 0.1) is 0 Å². The van der Waals surface area contributed by atoms with E-state index in [1.54, 1.807) is 11.8 Å². The van der Waals surface area contributed by atoms with Crippen LogP contribution in [-0.4, -0.2) is 24.9 Å². The van der Waals surface area contributed by atoms with E-state index in [0.717, 1.165) is 23.5 Å². The van der Waals surface area contributed by atoms with Gasteiger partial charge in [-0.05, 0) is 18.2 Å². The summed E-state index contributed by atoms with van der Waals surface area (Å²) in [6.45, 7) is 1.40. The van der Waals surface area contributed by atoms with E-state index in [-0.39, 0.29) is 30.0 Å². The van der Waals surface area contributed by atoms with Gasteiger partial charge >= 0.3 is 0 Å². The third-order valence-corrected chi connectivity index (χ3v) is 4.66. The number of hydrogen-bond acceptors (Lipinski definition) is 3. The summed E-state index contributed by atoms with van der Waals surface area (Å²) in [5, 5.41) is 3.31. The molecule has 0 saturated heterocycles. The number of aliphatic imine (C=N–C) groups is 1. The van der Waals surface area contributed by atoms with E-state index in [4.69, 9.17) is 10.5 Å². The minimum Gasteiger partial charge on any atom is -0.493 e. The van der Waals surface area contributed by atoms with Crippen molar-refractivity contribution < 1.29 is 4.74 Å². The second kappa shape index (κ2) is 9.78. The third kappa shape index (κ3) is 5.31. The van der Waals surface area contributed by atoms with Crippen molar-refractivity contribution in [1.82, 2.24) is 5.32 Å². The van der Waals surface area contributed by atoms with Gasteiger partial charge in [0.25, 0.3) is 0 Å². The molecule has 0 amide bonds. The highest BCUT2D eigenvalue weighted by Gasteiger charge is 2.20. The molecule has 1 aliphatic heterocycles. The van der Waals surface area contributed by atoms with Gasteiger partial charge in [0.15, 0.2) is 5.96 Å². The summed E-state index contributed by atoms with van der Waals surface area (Å²) >= 11 is 1.79.